The normalized spacial score (nSPS) is 12.3. The number of aromatic nitrogens is 2. The van der Waals surface area contributed by atoms with E-state index in [-0.39, 0.29) is 11.8 Å². The maximum atomic E-state index is 12.5. The van der Waals surface area contributed by atoms with Crippen molar-refractivity contribution in [1.29, 1.82) is 0 Å². The second-order valence-corrected chi connectivity index (χ2v) is 5.79. The fourth-order valence-corrected chi connectivity index (χ4v) is 2.81. The molecule has 0 spiro atoms. The van der Waals surface area contributed by atoms with Crippen molar-refractivity contribution in [2.45, 2.75) is 32.7 Å². The number of H-pyrrole nitrogens is 1. The van der Waals surface area contributed by atoms with Gasteiger partial charge in [0, 0.05) is 0 Å². The number of hydrogen-bond acceptors (Lipinski definition) is 2. The summed E-state index contributed by atoms with van der Waals surface area (Å²) in [5.74, 6) is 0.694. The molecule has 4 nitrogen and oxygen atoms in total. The van der Waals surface area contributed by atoms with Crippen LogP contribution in [0.25, 0.3) is 11.0 Å². The third kappa shape index (κ3) is 3.42. The highest BCUT2D eigenvalue weighted by Gasteiger charge is 2.18. The number of benzene rings is 2. The van der Waals surface area contributed by atoms with Crippen molar-refractivity contribution >= 4 is 16.9 Å². The lowest BCUT2D eigenvalue weighted by Gasteiger charge is -2.14. The van der Waals surface area contributed by atoms with Gasteiger partial charge in [0.05, 0.1) is 23.5 Å². The summed E-state index contributed by atoms with van der Waals surface area (Å²) in [7, 11) is 0. The monoisotopic (exact) mass is 307 g/mol. The van der Waals surface area contributed by atoms with E-state index in [1.54, 1.807) is 0 Å². The minimum Gasteiger partial charge on any atom is -0.348 e. The lowest BCUT2D eigenvalue weighted by atomic mass is 9.96. The molecule has 0 radical (unpaired) electrons. The molecule has 0 saturated heterocycles. The molecule has 0 aliphatic heterocycles. The SMILES string of the molecule is CCC(C(=O)NCc1nc2ccc(C)cc2[nH]1)c1ccccc1. The van der Waals surface area contributed by atoms with Crippen LogP contribution in [-0.2, 0) is 11.3 Å². The molecule has 3 aromatic rings. The van der Waals surface area contributed by atoms with E-state index in [1.807, 2.05) is 56.3 Å². The second-order valence-electron chi connectivity index (χ2n) is 5.79. The van der Waals surface area contributed by atoms with Crippen LogP contribution in [0, 0.1) is 6.92 Å². The molecule has 2 aromatic carbocycles. The second kappa shape index (κ2) is 6.65. The number of imidazole rings is 1. The zero-order chi connectivity index (χ0) is 16.2. The first-order valence-electron chi connectivity index (χ1n) is 7.95. The summed E-state index contributed by atoms with van der Waals surface area (Å²) in [6, 6.07) is 16.0. The Kier molecular flexibility index (Phi) is 4.42. The van der Waals surface area contributed by atoms with Crippen LogP contribution in [0.2, 0.25) is 0 Å². The summed E-state index contributed by atoms with van der Waals surface area (Å²) >= 11 is 0. The molecule has 118 valence electrons. The molecule has 2 N–H and O–H groups in total. The van der Waals surface area contributed by atoms with E-state index in [4.69, 9.17) is 0 Å². The summed E-state index contributed by atoms with van der Waals surface area (Å²) in [5, 5.41) is 2.99. The molecule has 0 aliphatic rings. The Morgan fingerprint density at radius 1 is 1.22 bits per heavy atom. The van der Waals surface area contributed by atoms with Gasteiger partial charge in [-0.3, -0.25) is 4.79 Å². The van der Waals surface area contributed by atoms with Gasteiger partial charge >= 0.3 is 0 Å². The van der Waals surface area contributed by atoms with E-state index in [0.717, 1.165) is 28.8 Å². The van der Waals surface area contributed by atoms with E-state index in [2.05, 4.69) is 21.4 Å². The van der Waals surface area contributed by atoms with Crippen molar-refractivity contribution in [3.63, 3.8) is 0 Å². The van der Waals surface area contributed by atoms with Crippen LogP contribution in [0.5, 0.6) is 0 Å². The number of hydrogen-bond donors (Lipinski definition) is 2. The maximum absolute atomic E-state index is 12.5. The van der Waals surface area contributed by atoms with Crippen molar-refractivity contribution < 1.29 is 4.79 Å². The first-order chi connectivity index (χ1) is 11.2. The Bertz CT molecular complexity index is 808. The summed E-state index contributed by atoms with van der Waals surface area (Å²) in [6.45, 7) is 4.49. The molecule has 0 aliphatic carbocycles. The highest BCUT2D eigenvalue weighted by Crippen LogP contribution is 2.19. The molecule has 23 heavy (non-hydrogen) atoms. The van der Waals surface area contributed by atoms with Crippen molar-refractivity contribution in [2.75, 3.05) is 0 Å². The largest absolute Gasteiger partial charge is 0.348 e. The molecule has 1 heterocycles. The van der Waals surface area contributed by atoms with Crippen LogP contribution in [0.1, 0.15) is 36.2 Å². The van der Waals surface area contributed by atoms with Crippen LogP contribution < -0.4 is 5.32 Å². The lowest BCUT2D eigenvalue weighted by molar-refractivity contribution is -0.122. The maximum Gasteiger partial charge on any atom is 0.227 e. The topological polar surface area (TPSA) is 57.8 Å². The summed E-state index contributed by atoms with van der Waals surface area (Å²) in [5.41, 5.74) is 4.17. The Labute approximate surface area is 136 Å². The highest BCUT2D eigenvalue weighted by atomic mass is 16.1. The molecule has 3 rings (SSSR count). The number of carbonyl (C=O) groups is 1. The van der Waals surface area contributed by atoms with E-state index in [1.165, 1.54) is 5.56 Å². The zero-order valence-electron chi connectivity index (χ0n) is 13.5. The summed E-state index contributed by atoms with van der Waals surface area (Å²) in [6.07, 6.45) is 0.773. The van der Waals surface area contributed by atoms with Gasteiger partial charge in [0.2, 0.25) is 5.91 Å². The Morgan fingerprint density at radius 2 is 2.00 bits per heavy atom. The average molecular weight is 307 g/mol. The molecule has 0 bridgehead atoms. The number of aryl methyl sites for hydroxylation is 1. The first-order valence-corrected chi connectivity index (χ1v) is 7.95. The van der Waals surface area contributed by atoms with E-state index in [0.29, 0.717) is 6.54 Å². The number of nitrogens with one attached hydrogen (secondary N) is 2. The van der Waals surface area contributed by atoms with Gasteiger partial charge in [-0.25, -0.2) is 4.98 Å². The Balaban J connectivity index is 1.69. The fraction of sp³-hybridized carbons (Fsp3) is 0.263. The minimum atomic E-state index is -0.122. The number of rotatable bonds is 5. The fourth-order valence-electron chi connectivity index (χ4n) is 2.81. The van der Waals surface area contributed by atoms with E-state index in [9.17, 15) is 4.79 Å². The van der Waals surface area contributed by atoms with E-state index >= 15 is 0 Å². The quantitative estimate of drug-likeness (QED) is 0.755. The number of amides is 1. The third-order valence-corrected chi connectivity index (χ3v) is 4.04. The standard InChI is InChI=1S/C19H21N3O/c1-3-15(14-7-5-4-6-8-14)19(23)20-12-18-21-16-10-9-13(2)11-17(16)22-18/h4-11,15H,3,12H2,1-2H3,(H,20,23)(H,21,22). The highest BCUT2D eigenvalue weighted by molar-refractivity contribution is 5.83. The van der Waals surface area contributed by atoms with Crippen LogP contribution >= 0.6 is 0 Å². The molecule has 1 unspecified atom stereocenters. The van der Waals surface area contributed by atoms with Crippen LogP contribution in [0.3, 0.4) is 0 Å². The molecule has 0 saturated carbocycles. The summed E-state index contributed by atoms with van der Waals surface area (Å²) < 4.78 is 0. The van der Waals surface area contributed by atoms with Gasteiger partial charge in [-0.15, -0.1) is 0 Å². The number of aromatic amines is 1. The van der Waals surface area contributed by atoms with Gasteiger partial charge in [0.15, 0.2) is 0 Å². The van der Waals surface area contributed by atoms with Crippen molar-refractivity contribution in [1.82, 2.24) is 15.3 Å². The van der Waals surface area contributed by atoms with Crippen molar-refractivity contribution in [2.24, 2.45) is 0 Å². The molecular weight excluding hydrogens is 286 g/mol. The minimum absolute atomic E-state index is 0.0373. The van der Waals surface area contributed by atoms with Crippen molar-refractivity contribution in [3.8, 4) is 0 Å². The van der Waals surface area contributed by atoms with Crippen LogP contribution in [0.4, 0.5) is 0 Å². The van der Waals surface area contributed by atoms with Crippen LogP contribution in [-0.4, -0.2) is 15.9 Å². The molecule has 1 amide bonds. The smallest absolute Gasteiger partial charge is 0.227 e. The van der Waals surface area contributed by atoms with Crippen LogP contribution in [0.15, 0.2) is 48.5 Å². The third-order valence-electron chi connectivity index (χ3n) is 4.04. The average Bonchev–Trinajstić information content (AvgIpc) is 2.96. The molecule has 0 fully saturated rings. The van der Waals surface area contributed by atoms with Gasteiger partial charge in [0.25, 0.3) is 0 Å². The molecule has 1 atom stereocenters. The van der Waals surface area contributed by atoms with E-state index < -0.39 is 0 Å². The predicted molar refractivity (Wildman–Crippen MR) is 92.2 cm³/mol. The Morgan fingerprint density at radius 3 is 2.74 bits per heavy atom. The lowest BCUT2D eigenvalue weighted by Crippen LogP contribution is -2.29. The first kappa shape index (κ1) is 15.3. The zero-order valence-corrected chi connectivity index (χ0v) is 13.5. The van der Waals surface area contributed by atoms with Gasteiger partial charge in [-0.2, -0.15) is 0 Å². The summed E-state index contributed by atoms with van der Waals surface area (Å²) in [4.78, 5) is 20.2. The Hall–Kier alpha value is -2.62. The predicted octanol–water partition coefficient (Wildman–Crippen LogP) is 3.68. The van der Waals surface area contributed by atoms with Crippen molar-refractivity contribution in [3.05, 3.63) is 65.5 Å². The molecular formula is C19H21N3O. The number of nitrogens with zero attached hydrogens (tertiary/aromatic N) is 1. The number of carbonyl (C=O) groups excluding carboxylic acids is 1. The molecule has 1 aromatic heterocycles. The van der Waals surface area contributed by atoms with Gasteiger partial charge < -0.3 is 10.3 Å². The van der Waals surface area contributed by atoms with Gasteiger partial charge in [-0.1, -0.05) is 43.3 Å². The van der Waals surface area contributed by atoms with Gasteiger partial charge in [-0.05, 0) is 36.6 Å². The van der Waals surface area contributed by atoms with Gasteiger partial charge in [0.1, 0.15) is 5.82 Å². The molecule has 4 heteroatoms. The number of fused-ring (bicyclic) bond motifs is 1.